The van der Waals surface area contributed by atoms with Crippen molar-refractivity contribution in [3.63, 3.8) is 0 Å². The number of nitrogens with one attached hydrogen (secondary N) is 1. The second kappa shape index (κ2) is 5.65. The van der Waals surface area contributed by atoms with Gasteiger partial charge in [-0.3, -0.25) is 4.79 Å². The normalized spacial score (nSPS) is 14.1. The summed E-state index contributed by atoms with van der Waals surface area (Å²) in [5.41, 5.74) is 1.12. The van der Waals surface area contributed by atoms with Crippen LogP contribution in [-0.2, 0) is 4.79 Å². The van der Waals surface area contributed by atoms with Crippen LogP contribution in [0.25, 0.3) is 0 Å². The van der Waals surface area contributed by atoms with Gasteiger partial charge >= 0.3 is 0 Å². The second-order valence-electron chi connectivity index (χ2n) is 4.00. The summed E-state index contributed by atoms with van der Waals surface area (Å²) in [5.74, 6) is -0.129. The monoisotopic (exact) mass is 239 g/mol. The topological polar surface area (TPSA) is 89.8 Å². The van der Waals surface area contributed by atoms with E-state index < -0.39 is 12.2 Å². The first kappa shape index (κ1) is 13.5. The van der Waals surface area contributed by atoms with Crippen molar-refractivity contribution in [3.05, 3.63) is 29.3 Å². The highest BCUT2D eigenvalue weighted by Gasteiger charge is 2.19. The maximum atomic E-state index is 10.7. The summed E-state index contributed by atoms with van der Waals surface area (Å²) in [6.07, 6.45) is -2.18. The Morgan fingerprint density at radius 2 is 2.06 bits per heavy atom. The lowest BCUT2D eigenvalue weighted by atomic mass is 10.0. The zero-order valence-electron chi connectivity index (χ0n) is 9.84. The molecule has 5 heteroatoms. The molecule has 0 saturated carbocycles. The third-order valence-electron chi connectivity index (χ3n) is 2.49. The molecule has 1 aromatic carbocycles. The highest BCUT2D eigenvalue weighted by Crippen LogP contribution is 2.23. The van der Waals surface area contributed by atoms with Crippen molar-refractivity contribution >= 4 is 5.91 Å². The molecule has 0 saturated heterocycles. The maximum Gasteiger partial charge on any atom is 0.216 e. The smallest absolute Gasteiger partial charge is 0.216 e. The number of hydrogen-bond acceptors (Lipinski definition) is 4. The largest absolute Gasteiger partial charge is 0.508 e. The van der Waals surface area contributed by atoms with Crippen molar-refractivity contribution in [1.82, 2.24) is 5.32 Å². The number of hydrogen-bond donors (Lipinski definition) is 4. The SMILES string of the molecule is CC(=O)NCC(O)C(O)c1ccc(O)c(C)c1. The fraction of sp³-hybridized carbons (Fsp3) is 0.417. The van der Waals surface area contributed by atoms with Crippen LogP contribution in [-0.4, -0.2) is 33.9 Å². The number of aliphatic hydroxyl groups excluding tert-OH is 2. The summed E-state index contributed by atoms with van der Waals surface area (Å²) in [5, 5.41) is 31.3. The Bertz CT molecular complexity index is 405. The molecule has 94 valence electrons. The minimum absolute atomic E-state index is 0.0174. The van der Waals surface area contributed by atoms with E-state index in [0.717, 1.165) is 0 Å². The Morgan fingerprint density at radius 3 is 2.59 bits per heavy atom. The molecule has 0 heterocycles. The Balaban J connectivity index is 2.70. The number of phenolic OH excluding ortho intramolecular Hbond substituents is 1. The van der Waals surface area contributed by atoms with E-state index in [1.54, 1.807) is 13.0 Å². The van der Waals surface area contributed by atoms with E-state index in [-0.39, 0.29) is 18.2 Å². The van der Waals surface area contributed by atoms with Crippen molar-refractivity contribution in [1.29, 1.82) is 0 Å². The van der Waals surface area contributed by atoms with Gasteiger partial charge in [0.25, 0.3) is 0 Å². The molecule has 0 aliphatic rings. The Hall–Kier alpha value is -1.59. The molecule has 0 bridgehead atoms. The van der Waals surface area contributed by atoms with Crippen LogP contribution in [0.3, 0.4) is 0 Å². The molecule has 0 aliphatic carbocycles. The first-order chi connectivity index (χ1) is 7.91. The molecule has 4 N–H and O–H groups in total. The average molecular weight is 239 g/mol. The van der Waals surface area contributed by atoms with Crippen molar-refractivity contribution in [2.45, 2.75) is 26.1 Å². The van der Waals surface area contributed by atoms with E-state index in [1.807, 2.05) is 0 Å². The summed E-state index contributed by atoms with van der Waals surface area (Å²) in [6.45, 7) is 3.02. The first-order valence-corrected chi connectivity index (χ1v) is 5.32. The van der Waals surface area contributed by atoms with Crippen LogP contribution >= 0.6 is 0 Å². The van der Waals surface area contributed by atoms with Gasteiger partial charge in [0, 0.05) is 13.5 Å². The zero-order chi connectivity index (χ0) is 13.0. The van der Waals surface area contributed by atoms with Gasteiger partial charge in [0.05, 0.1) is 0 Å². The molecule has 1 rings (SSSR count). The molecule has 0 radical (unpaired) electrons. The van der Waals surface area contributed by atoms with Crippen LogP contribution in [0.15, 0.2) is 18.2 Å². The summed E-state index contributed by atoms with van der Waals surface area (Å²) in [7, 11) is 0. The second-order valence-corrected chi connectivity index (χ2v) is 4.00. The first-order valence-electron chi connectivity index (χ1n) is 5.32. The predicted octanol–water partition coefficient (Wildman–Crippen LogP) is 0.231. The van der Waals surface area contributed by atoms with Crippen molar-refractivity contribution < 1.29 is 20.1 Å². The summed E-state index contributed by atoms with van der Waals surface area (Å²) >= 11 is 0. The summed E-state index contributed by atoms with van der Waals surface area (Å²) in [4.78, 5) is 10.7. The van der Waals surface area contributed by atoms with Gasteiger partial charge < -0.3 is 20.6 Å². The minimum Gasteiger partial charge on any atom is -0.508 e. The number of aromatic hydroxyl groups is 1. The van der Waals surface area contributed by atoms with E-state index in [4.69, 9.17) is 0 Å². The van der Waals surface area contributed by atoms with Gasteiger partial charge in [0.1, 0.15) is 18.0 Å². The number of carbonyl (C=O) groups is 1. The number of rotatable bonds is 4. The molecule has 1 aromatic rings. The summed E-state index contributed by atoms with van der Waals surface area (Å²) < 4.78 is 0. The summed E-state index contributed by atoms with van der Waals surface area (Å²) in [6, 6.07) is 4.58. The molecule has 0 aromatic heterocycles. The van der Waals surface area contributed by atoms with Crippen LogP contribution in [0.4, 0.5) is 0 Å². The van der Waals surface area contributed by atoms with E-state index in [1.165, 1.54) is 19.1 Å². The van der Waals surface area contributed by atoms with Crippen molar-refractivity contribution in [3.8, 4) is 5.75 Å². The van der Waals surface area contributed by atoms with Crippen LogP contribution in [0.2, 0.25) is 0 Å². The lowest BCUT2D eigenvalue weighted by Crippen LogP contribution is -2.34. The standard InChI is InChI=1S/C12H17NO4/c1-7-5-9(3-4-10(7)15)12(17)11(16)6-13-8(2)14/h3-5,11-12,15-17H,6H2,1-2H3,(H,13,14). The van der Waals surface area contributed by atoms with Crippen LogP contribution in [0, 0.1) is 6.92 Å². The number of phenols is 1. The highest BCUT2D eigenvalue weighted by atomic mass is 16.3. The number of aliphatic hydroxyl groups is 2. The highest BCUT2D eigenvalue weighted by molar-refractivity contribution is 5.72. The molecule has 2 unspecified atom stereocenters. The van der Waals surface area contributed by atoms with Crippen molar-refractivity contribution in [2.75, 3.05) is 6.54 Å². The lowest BCUT2D eigenvalue weighted by molar-refractivity contribution is -0.119. The number of aryl methyl sites for hydroxylation is 1. The van der Waals surface area contributed by atoms with Gasteiger partial charge in [-0.25, -0.2) is 0 Å². The quantitative estimate of drug-likeness (QED) is 0.605. The van der Waals surface area contributed by atoms with Crippen LogP contribution in [0.5, 0.6) is 5.75 Å². The zero-order valence-corrected chi connectivity index (χ0v) is 9.84. The van der Waals surface area contributed by atoms with Gasteiger partial charge in [0.2, 0.25) is 5.91 Å². The molecule has 0 aliphatic heterocycles. The van der Waals surface area contributed by atoms with Gasteiger partial charge in [-0.05, 0) is 30.2 Å². The van der Waals surface area contributed by atoms with E-state index in [2.05, 4.69) is 5.32 Å². The van der Waals surface area contributed by atoms with Gasteiger partial charge in [-0.2, -0.15) is 0 Å². The molecule has 0 fully saturated rings. The molecular weight excluding hydrogens is 222 g/mol. The van der Waals surface area contributed by atoms with Crippen LogP contribution in [0.1, 0.15) is 24.2 Å². The van der Waals surface area contributed by atoms with Gasteiger partial charge in [0.15, 0.2) is 0 Å². The molecule has 5 nitrogen and oxygen atoms in total. The number of benzene rings is 1. The Kier molecular flexibility index (Phi) is 4.48. The fourth-order valence-corrected chi connectivity index (χ4v) is 1.44. The minimum atomic E-state index is -1.10. The molecular formula is C12H17NO4. The van der Waals surface area contributed by atoms with Gasteiger partial charge in [-0.1, -0.05) is 6.07 Å². The molecule has 17 heavy (non-hydrogen) atoms. The maximum absolute atomic E-state index is 10.7. The average Bonchev–Trinajstić information content (AvgIpc) is 2.28. The van der Waals surface area contributed by atoms with E-state index >= 15 is 0 Å². The van der Waals surface area contributed by atoms with Gasteiger partial charge in [-0.15, -0.1) is 0 Å². The Morgan fingerprint density at radius 1 is 1.41 bits per heavy atom. The van der Waals surface area contributed by atoms with E-state index in [9.17, 15) is 20.1 Å². The third-order valence-corrected chi connectivity index (χ3v) is 2.49. The van der Waals surface area contributed by atoms with E-state index in [0.29, 0.717) is 11.1 Å². The number of carbonyl (C=O) groups excluding carboxylic acids is 1. The lowest BCUT2D eigenvalue weighted by Gasteiger charge is -2.18. The van der Waals surface area contributed by atoms with Crippen molar-refractivity contribution in [2.24, 2.45) is 0 Å². The Labute approximate surface area is 99.7 Å². The number of amides is 1. The molecule has 0 spiro atoms. The molecule has 2 atom stereocenters. The predicted molar refractivity (Wildman–Crippen MR) is 62.5 cm³/mol. The third kappa shape index (κ3) is 3.72. The fourth-order valence-electron chi connectivity index (χ4n) is 1.44. The molecule has 1 amide bonds. The van der Waals surface area contributed by atoms with Crippen LogP contribution < -0.4 is 5.32 Å².